The Hall–Kier alpha value is -2.57. The van der Waals surface area contributed by atoms with Crippen molar-refractivity contribution in [3.8, 4) is 0 Å². The van der Waals surface area contributed by atoms with Gasteiger partial charge >= 0.3 is 0 Å². The fourth-order valence-electron chi connectivity index (χ4n) is 1.84. The van der Waals surface area contributed by atoms with Crippen LogP contribution in [-0.4, -0.2) is 11.5 Å². The van der Waals surface area contributed by atoms with Crippen LogP contribution in [0.3, 0.4) is 0 Å². The highest BCUT2D eigenvalue weighted by Gasteiger charge is 2.21. The molecule has 0 saturated heterocycles. The molecule has 110 valence electrons. The number of benzene rings is 2. The van der Waals surface area contributed by atoms with Gasteiger partial charge in [0.15, 0.2) is 17.3 Å². The topological polar surface area (TPSA) is 55.2 Å². The number of nitro groups is 1. The highest BCUT2D eigenvalue weighted by molar-refractivity contribution is 5.62. The zero-order valence-corrected chi connectivity index (χ0v) is 10.8. The predicted octanol–water partition coefficient (Wildman–Crippen LogP) is 3.67. The maximum atomic E-state index is 13.6. The lowest BCUT2D eigenvalue weighted by atomic mass is 10.1. The molecule has 7 heteroatoms. The number of nitrogens with one attached hydrogen (secondary N) is 1. The quantitative estimate of drug-likeness (QED) is 0.676. The van der Waals surface area contributed by atoms with E-state index in [0.29, 0.717) is 12.5 Å². The first-order chi connectivity index (χ1) is 9.99. The van der Waals surface area contributed by atoms with E-state index in [2.05, 4.69) is 5.32 Å². The van der Waals surface area contributed by atoms with Crippen molar-refractivity contribution in [1.82, 2.24) is 0 Å². The predicted molar refractivity (Wildman–Crippen MR) is 71.6 cm³/mol. The minimum absolute atomic E-state index is 0.146. The molecule has 0 bridgehead atoms. The first kappa shape index (κ1) is 14.8. The molecule has 0 saturated carbocycles. The van der Waals surface area contributed by atoms with Crippen LogP contribution >= 0.6 is 0 Å². The molecule has 0 unspecified atom stereocenters. The largest absolute Gasteiger partial charge is 0.377 e. The number of hydrogen-bond donors (Lipinski definition) is 1. The van der Waals surface area contributed by atoms with E-state index in [1.807, 2.05) is 0 Å². The van der Waals surface area contributed by atoms with Gasteiger partial charge < -0.3 is 5.32 Å². The highest BCUT2D eigenvalue weighted by Crippen LogP contribution is 2.28. The molecule has 1 N–H and O–H groups in total. The molecule has 2 aromatic rings. The van der Waals surface area contributed by atoms with Crippen LogP contribution < -0.4 is 5.32 Å². The summed E-state index contributed by atoms with van der Waals surface area (Å²) in [5, 5.41) is 13.3. The Morgan fingerprint density at radius 2 is 1.71 bits per heavy atom. The fourth-order valence-corrected chi connectivity index (χ4v) is 1.84. The van der Waals surface area contributed by atoms with Crippen molar-refractivity contribution in [1.29, 1.82) is 0 Å². The van der Waals surface area contributed by atoms with Gasteiger partial charge in [0.25, 0.3) is 5.69 Å². The average molecular weight is 296 g/mol. The van der Waals surface area contributed by atoms with Gasteiger partial charge in [-0.25, -0.2) is 13.2 Å². The Morgan fingerprint density at radius 1 is 1.05 bits per heavy atom. The maximum absolute atomic E-state index is 13.6. The van der Waals surface area contributed by atoms with Crippen LogP contribution in [0.25, 0.3) is 0 Å². The molecule has 0 aromatic heterocycles. The second-order valence-electron chi connectivity index (χ2n) is 4.32. The molecule has 0 aliphatic heterocycles. The molecule has 0 aliphatic rings. The third-order valence-electron chi connectivity index (χ3n) is 2.90. The molecule has 21 heavy (non-hydrogen) atoms. The molecular formula is C14H11F3N2O2. The van der Waals surface area contributed by atoms with E-state index in [1.165, 1.54) is 12.1 Å². The van der Waals surface area contributed by atoms with Crippen molar-refractivity contribution in [2.75, 3.05) is 11.9 Å². The van der Waals surface area contributed by atoms with Gasteiger partial charge in [0.1, 0.15) is 5.82 Å². The van der Waals surface area contributed by atoms with E-state index < -0.39 is 27.9 Å². The van der Waals surface area contributed by atoms with Crippen molar-refractivity contribution in [3.05, 3.63) is 69.5 Å². The van der Waals surface area contributed by atoms with Gasteiger partial charge in [-0.1, -0.05) is 12.1 Å². The van der Waals surface area contributed by atoms with E-state index in [0.717, 1.165) is 11.6 Å². The minimum Gasteiger partial charge on any atom is -0.377 e. The summed E-state index contributed by atoms with van der Waals surface area (Å²) >= 11 is 0. The molecule has 2 aromatic carbocycles. The molecular weight excluding hydrogens is 285 g/mol. The molecule has 0 spiro atoms. The van der Waals surface area contributed by atoms with Crippen molar-refractivity contribution in [3.63, 3.8) is 0 Å². The smallest absolute Gasteiger partial charge is 0.295 e. The van der Waals surface area contributed by atoms with Gasteiger partial charge in [-0.05, 0) is 30.2 Å². The summed E-state index contributed by atoms with van der Waals surface area (Å²) in [6, 6.07) is 7.26. The van der Waals surface area contributed by atoms with Crippen LogP contribution in [0.1, 0.15) is 5.56 Å². The van der Waals surface area contributed by atoms with Crippen LogP contribution in [0.2, 0.25) is 0 Å². The Morgan fingerprint density at radius 3 is 2.33 bits per heavy atom. The Labute approximate surface area is 118 Å². The van der Waals surface area contributed by atoms with Crippen molar-refractivity contribution in [2.24, 2.45) is 0 Å². The number of rotatable bonds is 5. The van der Waals surface area contributed by atoms with Crippen molar-refractivity contribution >= 4 is 11.4 Å². The second kappa shape index (κ2) is 6.25. The Bertz CT molecular complexity index is 660. The number of hydrogen-bond acceptors (Lipinski definition) is 3. The third kappa shape index (κ3) is 3.50. The van der Waals surface area contributed by atoms with Crippen LogP contribution in [-0.2, 0) is 6.42 Å². The molecule has 0 fully saturated rings. The lowest BCUT2D eigenvalue weighted by Crippen LogP contribution is -2.09. The van der Waals surface area contributed by atoms with Crippen molar-refractivity contribution < 1.29 is 18.1 Å². The lowest BCUT2D eigenvalue weighted by Gasteiger charge is -2.08. The summed E-state index contributed by atoms with van der Waals surface area (Å²) in [5.74, 6) is -2.83. The van der Waals surface area contributed by atoms with Gasteiger partial charge in [0.2, 0.25) is 0 Å². The summed E-state index contributed by atoms with van der Waals surface area (Å²) in [6.45, 7) is 0.146. The van der Waals surface area contributed by atoms with Gasteiger partial charge in [0, 0.05) is 12.6 Å². The van der Waals surface area contributed by atoms with E-state index in [-0.39, 0.29) is 12.4 Å². The first-order valence-electron chi connectivity index (χ1n) is 6.09. The van der Waals surface area contributed by atoms with E-state index in [4.69, 9.17) is 0 Å². The van der Waals surface area contributed by atoms with Crippen LogP contribution in [0.4, 0.5) is 24.5 Å². The van der Waals surface area contributed by atoms with E-state index in [9.17, 15) is 23.3 Å². The number of nitrogens with zero attached hydrogens (tertiary/aromatic N) is 1. The van der Waals surface area contributed by atoms with E-state index in [1.54, 1.807) is 12.1 Å². The molecule has 0 heterocycles. The maximum Gasteiger partial charge on any atom is 0.295 e. The van der Waals surface area contributed by atoms with E-state index >= 15 is 0 Å². The first-order valence-corrected chi connectivity index (χ1v) is 6.09. The molecule has 2 rings (SSSR count). The third-order valence-corrected chi connectivity index (χ3v) is 2.90. The SMILES string of the molecule is O=[N+]([O-])c1ccc(F)c(F)c1NCCc1ccc(F)cc1. The molecule has 0 radical (unpaired) electrons. The molecule has 4 nitrogen and oxygen atoms in total. The van der Waals surface area contributed by atoms with Crippen LogP contribution in [0.15, 0.2) is 36.4 Å². The standard InChI is InChI=1S/C14H11F3N2O2/c15-10-3-1-9(2-4-10)7-8-18-14-12(19(20)21)6-5-11(16)13(14)17/h1-6,18H,7-8H2. The number of nitro benzene ring substituents is 1. The monoisotopic (exact) mass is 296 g/mol. The fraction of sp³-hybridized carbons (Fsp3) is 0.143. The molecule has 0 amide bonds. The zero-order chi connectivity index (χ0) is 15.4. The zero-order valence-electron chi connectivity index (χ0n) is 10.8. The molecule has 0 aliphatic carbocycles. The highest BCUT2D eigenvalue weighted by atomic mass is 19.2. The summed E-state index contributed by atoms with van der Waals surface area (Å²) < 4.78 is 39.5. The van der Waals surface area contributed by atoms with Crippen molar-refractivity contribution in [2.45, 2.75) is 6.42 Å². The van der Waals surface area contributed by atoms with Gasteiger partial charge in [0.05, 0.1) is 4.92 Å². The second-order valence-corrected chi connectivity index (χ2v) is 4.32. The summed E-state index contributed by atoms with van der Waals surface area (Å²) in [4.78, 5) is 10.0. The summed E-state index contributed by atoms with van der Waals surface area (Å²) in [7, 11) is 0. The van der Waals surface area contributed by atoms with Crippen LogP contribution in [0, 0.1) is 27.6 Å². The lowest BCUT2D eigenvalue weighted by molar-refractivity contribution is -0.384. The summed E-state index contributed by atoms with van der Waals surface area (Å²) in [6.07, 6.45) is 0.382. The van der Waals surface area contributed by atoms with Crippen LogP contribution in [0.5, 0.6) is 0 Å². The number of halogens is 3. The summed E-state index contributed by atoms with van der Waals surface area (Å²) in [5.41, 5.74) is -0.251. The van der Waals surface area contributed by atoms with Gasteiger partial charge in [-0.3, -0.25) is 10.1 Å². The van der Waals surface area contributed by atoms with Gasteiger partial charge in [-0.15, -0.1) is 0 Å². The Kier molecular flexibility index (Phi) is 4.42. The number of anilines is 1. The molecule has 0 atom stereocenters. The van der Waals surface area contributed by atoms with Gasteiger partial charge in [-0.2, -0.15) is 0 Å². The minimum atomic E-state index is -1.29. The average Bonchev–Trinajstić information content (AvgIpc) is 2.45. The normalized spacial score (nSPS) is 10.4. The Balaban J connectivity index is 2.10.